The molecule has 3 nitrogen and oxygen atoms in total. The molecule has 17 heavy (non-hydrogen) atoms. The fraction of sp³-hybridized carbons (Fsp3) is 0.462. The molecule has 0 atom stereocenters. The minimum atomic E-state index is 0.192. The molecule has 0 fully saturated rings. The first kappa shape index (κ1) is 12.4. The van der Waals surface area contributed by atoms with Crippen molar-refractivity contribution in [3.8, 4) is 0 Å². The molecule has 2 rings (SSSR count). The second kappa shape index (κ2) is 5.07. The highest BCUT2D eigenvalue weighted by Gasteiger charge is 2.13. The van der Waals surface area contributed by atoms with Crippen molar-refractivity contribution >= 4 is 22.6 Å². The normalized spacial score (nSPS) is 11.6. The summed E-state index contributed by atoms with van der Waals surface area (Å²) in [4.78, 5) is 4.63. The van der Waals surface area contributed by atoms with Gasteiger partial charge in [-0.2, -0.15) is 0 Å². The Morgan fingerprint density at radius 1 is 1.41 bits per heavy atom. The van der Waals surface area contributed by atoms with E-state index in [9.17, 15) is 0 Å². The van der Waals surface area contributed by atoms with Gasteiger partial charge in [0.25, 0.3) is 0 Å². The van der Waals surface area contributed by atoms with E-state index in [-0.39, 0.29) is 6.61 Å². The van der Waals surface area contributed by atoms with E-state index in [0.29, 0.717) is 5.92 Å². The molecule has 0 bridgehead atoms. The van der Waals surface area contributed by atoms with Crippen molar-refractivity contribution in [1.82, 2.24) is 9.55 Å². The number of aromatic nitrogens is 2. The molecule has 0 radical (unpaired) electrons. The maximum atomic E-state index is 8.96. The number of aliphatic hydroxyl groups excluding tert-OH is 1. The zero-order valence-electron chi connectivity index (χ0n) is 10.2. The summed E-state index contributed by atoms with van der Waals surface area (Å²) in [6, 6.07) is 5.74. The lowest BCUT2D eigenvalue weighted by molar-refractivity contribution is 0.279. The smallest absolute Gasteiger partial charge is 0.112 e. The van der Waals surface area contributed by atoms with Crippen molar-refractivity contribution in [3.63, 3.8) is 0 Å². The molecular weight excluding hydrogens is 236 g/mol. The Balaban J connectivity index is 2.56. The highest BCUT2D eigenvalue weighted by Crippen LogP contribution is 2.24. The summed E-state index contributed by atoms with van der Waals surface area (Å²) in [5.41, 5.74) is 2.02. The molecule has 0 spiro atoms. The van der Waals surface area contributed by atoms with Crippen LogP contribution in [-0.4, -0.2) is 21.3 Å². The topological polar surface area (TPSA) is 38.0 Å². The average molecular weight is 253 g/mol. The molecule has 1 aromatic heterocycles. The van der Waals surface area contributed by atoms with Crippen molar-refractivity contribution in [3.05, 3.63) is 29.0 Å². The highest BCUT2D eigenvalue weighted by molar-refractivity contribution is 6.31. The number of fused-ring (bicyclic) bond motifs is 1. The fourth-order valence-corrected chi connectivity index (χ4v) is 2.19. The van der Waals surface area contributed by atoms with Gasteiger partial charge in [-0.05, 0) is 24.6 Å². The number of halogens is 1. The molecule has 0 saturated heterocycles. The number of aliphatic hydroxyl groups is 1. The van der Waals surface area contributed by atoms with Gasteiger partial charge < -0.3 is 9.67 Å². The van der Waals surface area contributed by atoms with E-state index in [0.717, 1.165) is 34.8 Å². The van der Waals surface area contributed by atoms with Gasteiger partial charge in [-0.3, -0.25) is 0 Å². The molecule has 4 heteroatoms. The summed E-state index contributed by atoms with van der Waals surface area (Å²) in [5, 5.41) is 9.68. The molecule has 2 aromatic rings. The molecule has 0 aliphatic rings. The van der Waals surface area contributed by atoms with Gasteiger partial charge in [-0.1, -0.05) is 25.4 Å². The number of hydrogen-bond acceptors (Lipinski definition) is 2. The summed E-state index contributed by atoms with van der Waals surface area (Å²) in [7, 11) is 0. The number of rotatable bonds is 4. The Hall–Kier alpha value is -1.06. The minimum absolute atomic E-state index is 0.192. The van der Waals surface area contributed by atoms with Gasteiger partial charge in [0.15, 0.2) is 0 Å². The predicted molar refractivity (Wildman–Crippen MR) is 70.5 cm³/mol. The molecule has 0 unspecified atom stereocenters. The largest absolute Gasteiger partial charge is 0.396 e. The summed E-state index contributed by atoms with van der Waals surface area (Å²) in [6.07, 6.45) is 0.734. The minimum Gasteiger partial charge on any atom is -0.396 e. The lowest BCUT2D eigenvalue weighted by atomic mass is 10.2. The molecule has 92 valence electrons. The predicted octanol–water partition coefficient (Wildman–Crippen LogP) is 3.20. The fourth-order valence-electron chi connectivity index (χ4n) is 2.02. The summed E-state index contributed by atoms with van der Waals surface area (Å²) in [6.45, 7) is 5.22. The second-order valence-corrected chi connectivity index (χ2v) is 4.92. The first-order chi connectivity index (χ1) is 8.13. The zero-order valence-corrected chi connectivity index (χ0v) is 10.9. The van der Waals surface area contributed by atoms with Gasteiger partial charge in [0.2, 0.25) is 0 Å². The highest BCUT2D eigenvalue weighted by atomic mass is 35.5. The van der Waals surface area contributed by atoms with Crippen LogP contribution in [0.25, 0.3) is 11.0 Å². The Bertz CT molecular complexity index is 519. The first-order valence-corrected chi connectivity index (χ1v) is 6.28. The molecular formula is C13H17ClN2O. The number of hydrogen-bond donors (Lipinski definition) is 1. The number of aryl methyl sites for hydroxylation is 1. The van der Waals surface area contributed by atoms with Crippen molar-refractivity contribution in [2.45, 2.75) is 32.7 Å². The van der Waals surface area contributed by atoms with E-state index in [1.165, 1.54) is 0 Å². The SMILES string of the molecule is CC(C)c1nc2ccc(Cl)cc2n1CCCO. The van der Waals surface area contributed by atoms with Gasteiger partial charge >= 0.3 is 0 Å². The summed E-state index contributed by atoms with van der Waals surface area (Å²) >= 11 is 6.02. The third-order valence-corrected chi connectivity index (χ3v) is 3.03. The van der Waals surface area contributed by atoms with E-state index >= 15 is 0 Å². The average Bonchev–Trinajstić information content (AvgIpc) is 2.64. The van der Waals surface area contributed by atoms with E-state index in [1.807, 2.05) is 18.2 Å². The van der Waals surface area contributed by atoms with Crippen LogP contribution >= 0.6 is 11.6 Å². The molecule has 1 aromatic carbocycles. The van der Waals surface area contributed by atoms with Crippen LogP contribution in [0, 0.1) is 0 Å². The third-order valence-electron chi connectivity index (χ3n) is 2.80. The van der Waals surface area contributed by atoms with Gasteiger partial charge in [-0.15, -0.1) is 0 Å². The van der Waals surface area contributed by atoms with Crippen LogP contribution < -0.4 is 0 Å². The standard InChI is InChI=1S/C13H17ClN2O/c1-9(2)13-15-11-5-4-10(14)8-12(11)16(13)6-3-7-17/h4-5,8-9,17H,3,6-7H2,1-2H3. The number of nitrogens with zero attached hydrogens (tertiary/aromatic N) is 2. The molecule has 0 aliphatic carbocycles. The Kier molecular flexibility index (Phi) is 3.69. The Labute approximate surface area is 106 Å². The van der Waals surface area contributed by atoms with Crippen LogP contribution in [0.3, 0.4) is 0 Å². The van der Waals surface area contributed by atoms with Gasteiger partial charge in [0.1, 0.15) is 5.82 Å². The third kappa shape index (κ3) is 2.45. The molecule has 1 N–H and O–H groups in total. The lowest BCUT2D eigenvalue weighted by Crippen LogP contribution is -2.06. The van der Waals surface area contributed by atoms with E-state index < -0.39 is 0 Å². The summed E-state index contributed by atoms with van der Waals surface area (Å²) in [5.74, 6) is 1.41. The van der Waals surface area contributed by atoms with Crippen molar-refractivity contribution < 1.29 is 5.11 Å². The molecule has 0 amide bonds. The zero-order chi connectivity index (χ0) is 12.4. The van der Waals surface area contributed by atoms with Crippen LogP contribution in [-0.2, 0) is 6.54 Å². The Morgan fingerprint density at radius 2 is 2.18 bits per heavy atom. The van der Waals surface area contributed by atoms with Crippen LogP contribution in [0.4, 0.5) is 0 Å². The van der Waals surface area contributed by atoms with Crippen LogP contribution in [0.5, 0.6) is 0 Å². The van der Waals surface area contributed by atoms with Crippen molar-refractivity contribution in [1.29, 1.82) is 0 Å². The molecule has 0 saturated carbocycles. The van der Waals surface area contributed by atoms with E-state index in [2.05, 4.69) is 23.4 Å². The van der Waals surface area contributed by atoms with E-state index in [4.69, 9.17) is 16.7 Å². The molecule has 0 aliphatic heterocycles. The van der Waals surface area contributed by atoms with Crippen molar-refractivity contribution in [2.75, 3.05) is 6.61 Å². The quantitative estimate of drug-likeness (QED) is 0.908. The van der Waals surface area contributed by atoms with Crippen LogP contribution in [0.2, 0.25) is 5.02 Å². The van der Waals surface area contributed by atoms with Gasteiger partial charge in [0, 0.05) is 24.1 Å². The lowest BCUT2D eigenvalue weighted by Gasteiger charge is -2.10. The van der Waals surface area contributed by atoms with Crippen molar-refractivity contribution in [2.24, 2.45) is 0 Å². The maximum Gasteiger partial charge on any atom is 0.112 e. The van der Waals surface area contributed by atoms with Crippen LogP contribution in [0.1, 0.15) is 32.0 Å². The Morgan fingerprint density at radius 3 is 2.82 bits per heavy atom. The number of benzene rings is 1. The second-order valence-electron chi connectivity index (χ2n) is 4.49. The monoisotopic (exact) mass is 252 g/mol. The van der Waals surface area contributed by atoms with Gasteiger partial charge in [-0.25, -0.2) is 4.98 Å². The number of imidazole rings is 1. The molecule has 1 heterocycles. The van der Waals surface area contributed by atoms with Crippen LogP contribution in [0.15, 0.2) is 18.2 Å². The summed E-state index contributed by atoms with van der Waals surface area (Å²) < 4.78 is 2.15. The maximum absolute atomic E-state index is 8.96. The van der Waals surface area contributed by atoms with E-state index in [1.54, 1.807) is 0 Å². The first-order valence-electron chi connectivity index (χ1n) is 5.90. The van der Waals surface area contributed by atoms with Gasteiger partial charge in [0.05, 0.1) is 11.0 Å².